The lowest BCUT2D eigenvalue weighted by atomic mass is 10.2. The van der Waals surface area contributed by atoms with E-state index in [0.29, 0.717) is 16.3 Å². The molecule has 0 radical (unpaired) electrons. The first-order chi connectivity index (χ1) is 8.90. The molecule has 0 aromatic heterocycles. The maximum Gasteiger partial charge on any atom is 0.327 e. The average molecular weight is 306 g/mol. The van der Waals surface area contributed by atoms with E-state index in [1.165, 1.54) is 24.8 Å². The number of hydrogen-bond donors (Lipinski definition) is 2. The van der Waals surface area contributed by atoms with Crippen LogP contribution >= 0.6 is 23.4 Å². The van der Waals surface area contributed by atoms with Gasteiger partial charge in [0.05, 0.1) is 0 Å². The Hall–Kier alpha value is -1.27. The standard InChI is InChI=1S/C12H13ClFNO3S/c1-7(16)15-11(12(17)18)6-19-5-8-2-3-9(13)4-10(8)14/h2-4,11H,5-6H2,1H3,(H,15,16)(H,17,18)/t11-/m0/s1. The first-order valence-corrected chi connectivity index (χ1v) is 6.95. The summed E-state index contributed by atoms with van der Waals surface area (Å²) in [4.78, 5) is 21.7. The smallest absolute Gasteiger partial charge is 0.327 e. The second-order valence-corrected chi connectivity index (χ2v) is 5.31. The van der Waals surface area contributed by atoms with E-state index >= 15 is 0 Å². The summed E-state index contributed by atoms with van der Waals surface area (Å²) >= 11 is 6.85. The van der Waals surface area contributed by atoms with Gasteiger partial charge in [-0.1, -0.05) is 17.7 Å². The lowest BCUT2D eigenvalue weighted by Gasteiger charge is -2.12. The Kier molecular flexibility index (Phi) is 6.11. The molecule has 0 aliphatic carbocycles. The van der Waals surface area contributed by atoms with Crippen molar-refractivity contribution < 1.29 is 19.1 Å². The van der Waals surface area contributed by atoms with Crippen molar-refractivity contribution in [1.82, 2.24) is 5.32 Å². The van der Waals surface area contributed by atoms with Crippen molar-refractivity contribution in [3.05, 3.63) is 34.6 Å². The molecule has 1 atom stereocenters. The summed E-state index contributed by atoms with van der Waals surface area (Å²) in [6.07, 6.45) is 0. The van der Waals surface area contributed by atoms with Gasteiger partial charge < -0.3 is 10.4 Å². The van der Waals surface area contributed by atoms with Gasteiger partial charge in [-0.25, -0.2) is 9.18 Å². The summed E-state index contributed by atoms with van der Waals surface area (Å²) in [6, 6.07) is 3.36. The minimum Gasteiger partial charge on any atom is -0.480 e. The number of amides is 1. The summed E-state index contributed by atoms with van der Waals surface area (Å²) in [5.41, 5.74) is 0.446. The molecule has 1 amide bonds. The first-order valence-electron chi connectivity index (χ1n) is 5.41. The normalized spacial score (nSPS) is 11.9. The van der Waals surface area contributed by atoms with Crippen LogP contribution in [0.1, 0.15) is 12.5 Å². The number of rotatable bonds is 6. The van der Waals surface area contributed by atoms with Crippen molar-refractivity contribution in [3.8, 4) is 0 Å². The van der Waals surface area contributed by atoms with E-state index in [1.54, 1.807) is 12.1 Å². The van der Waals surface area contributed by atoms with Gasteiger partial charge in [-0.3, -0.25) is 4.79 Å². The molecule has 0 aliphatic rings. The predicted octanol–water partition coefficient (Wildman–Crippen LogP) is 2.30. The molecule has 19 heavy (non-hydrogen) atoms. The number of carbonyl (C=O) groups excluding carboxylic acids is 1. The molecule has 0 spiro atoms. The molecule has 0 unspecified atom stereocenters. The van der Waals surface area contributed by atoms with E-state index in [2.05, 4.69) is 5.32 Å². The maximum absolute atomic E-state index is 13.5. The van der Waals surface area contributed by atoms with Crippen LogP contribution in [0.25, 0.3) is 0 Å². The molecule has 2 N–H and O–H groups in total. The minimum absolute atomic E-state index is 0.164. The number of nitrogens with one attached hydrogen (secondary N) is 1. The van der Waals surface area contributed by atoms with E-state index < -0.39 is 23.7 Å². The zero-order valence-corrected chi connectivity index (χ0v) is 11.7. The summed E-state index contributed by atoms with van der Waals surface area (Å²) in [5.74, 6) is -1.47. The third kappa shape index (κ3) is 5.48. The van der Waals surface area contributed by atoms with Gasteiger partial charge in [0.1, 0.15) is 11.9 Å². The van der Waals surface area contributed by atoms with E-state index in [-0.39, 0.29) is 5.75 Å². The molecular weight excluding hydrogens is 293 g/mol. The second kappa shape index (κ2) is 7.35. The molecular formula is C12H13ClFNO3S. The fourth-order valence-corrected chi connectivity index (χ4v) is 2.54. The molecule has 1 rings (SSSR count). The molecule has 0 heterocycles. The molecule has 0 aliphatic heterocycles. The van der Waals surface area contributed by atoms with E-state index in [1.807, 2.05) is 0 Å². The highest BCUT2D eigenvalue weighted by Gasteiger charge is 2.18. The Morgan fingerprint density at radius 2 is 2.21 bits per heavy atom. The molecule has 0 saturated carbocycles. The summed E-state index contributed by atoms with van der Waals surface area (Å²) < 4.78 is 13.5. The molecule has 1 aromatic carbocycles. The predicted molar refractivity (Wildman–Crippen MR) is 72.8 cm³/mol. The van der Waals surface area contributed by atoms with Crippen LogP contribution in [0.4, 0.5) is 4.39 Å². The zero-order valence-electron chi connectivity index (χ0n) is 10.2. The quantitative estimate of drug-likeness (QED) is 0.846. The lowest BCUT2D eigenvalue weighted by molar-refractivity contribution is -0.140. The van der Waals surface area contributed by atoms with Crippen LogP contribution in [-0.2, 0) is 15.3 Å². The molecule has 4 nitrogen and oxygen atoms in total. The zero-order chi connectivity index (χ0) is 14.4. The van der Waals surface area contributed by atoms with E-state index in [9.17, 15) is 14.0 Å². The van der Waals surface area contributed by atoms with Crippen molar-refractivity contribution in [3.63, 3.8) is 0 Å². The fraction of sp³-hybridized carbons (Fsp3) is 0.333. The first kappa shape index (κ1) is 15.8. The number of carboxylic acid groups (broad SMARTS) is 1. The largest absolute Gasteiger partial charge is 0.480 e. The number of benzene rings is 1. The minimum atomic E-state index is -1.11. The van der Waals surface area contributed by atoms with Crippen LogP contribution in [0.5, 0.6) is 0 Å². The summed E-state index contributed by atoms with van der Waals surface area (Å²) in [7, 11) is 0. The number of aliphatic carboxylic acids is 1. The number of carbonyl (C=O) groups is 2. The molecule has 0 fully saturated rings. The van der Waals surface area contributed by atoms with Crippen LogP contribution in [0.3, 0.4) is 0 Å². The third-order valence-electron chi connectivity index (χ3n) is 2.23. The van der Waals surface area contributed by atoms with Gasteiger partial charge in [-0.15, -0.1) is 0 Å². The number of hydrogen-bond acceptors (Lipinski definition) is 3. The van der Waals surface area contributed by atoms with Gasteiger partial charge >= 0.3 is 5.97 Å². The molecule has 1 aromatic rings. The summed E-state index contributed by atoms with van der Waals surface area (Å²) in [5, 5.41) is 11.5. The maximum atomic E-state index is 13.5. The highest BCUT2D eigenvalue weighted by Crippen LogP contribution is 2.19. The Morgan fingerprint density at radius 1 is 1.53 bits per heavy atom. The SMILES string of the molecule is CC(=O)N[C@@H](CSCc1ccc(Cl)cc1F)C(=O)O. The van der Waals surface area contributed by atoms with Gasteiger partial charge in [0.2, 0.25) is 5.91 Å². The number of carboxylic acids is 1. The van der Waals surface area contributed by atoms with Crippen LogP contribution in [0.15, 0.2) is 18.2 Å². The van der Waals surface area contributed by atoms with Gasteiger partial charge in [0.15, 0.2) is 0 Å². The second-order valence-electron chi connectivity index (χ2n) is 3.84. The molecule has 104 valence electrons. The van der Waals surface area contributed by atoms with Gasteiger partial charge in [-0.05, 0) is 17.7 Å². The van der Waals surface area contributed by atoms with Crippen LogP contribution in [0.2, 0.25) is 5.02 Å². The van der Waals surface area contributed by atoms with Crippen LogP contribution in [0, 0.1) is 5.82 Å². The van der Waals surface area contributed by atoms with Gasteiger partial charge in [0, 0.05) is 23.5 Å². The van der Waals surface area contributed by atoms with Crippen LogP contribution in [-0.4, -0.2) is 28.8 Å². The third-order valence-corrected chi connectivity index (χ3v) is 3.55. The Morgan fingerprint density at radius 3 is 2.74 bits per heavy atom. The monoisotopic (exact) mass is 305 g/mol. The van der Waals surface area contributed by atoms with Gasteiger partial charge in [0.25, 0.3) is 0 Å². The van der Waals surface area contributed by atoms with Crippen molar-refractivity contribution in [2.24, 2.45) is 0 Å². The molecule has 0 bridgehead atoms. The van der Waals surface area contributed by atoms with Gasteiger partial charge in [-0.2, -0.15) is 11.8 Å². The van der Waals surface area contributed by atoms with Crippen LogP contribution < -0.4 is 5.32 Å². The number of halogens is 2. The Balaban J connectivity index is 2.52. The highest BCUT2D eigenvalue weighted by atomic mass is 35.5. The average Bonchev–Trinajstić information content (AvgIpc) is 2.29. The van der Waals surface area contributed by atoms with Crippen molar-refractivity contribution >= 4 is 35.2 Å². The van der Waals surface area contributed by atoms with Crippen molar-refractivity contribution in [2.75, 3.05) is 5.75 Å². The summed E-state index contributed by atoms with van der Waals surface area (Å²) in [6.45, 7) is 1.25. The fourth-order valence-electron chi connectivity index (χ4n) is 1.35. The molecule has 0 saturated heterocycles. The number of thioether (sulfide) groups is 1. The van der Waals surface area contributed by atoms with Crippen molar-refractivity contribution in [2.45, 2.75) is 18.7 Å². The van der Waals surface area contributed by atoms with E-state index in [4.69, 9.17) is 16.7 Å². The van der Waals surface area contributed by atoms with Crippen molar-refractivity contribution in [1.29, 1.82) is 0 Å². The van der Waals surface area contributed by atoms with E-state index in [0.717, 1.165) is 0 Å². The Labute approximate surface area is 119 Å². The Bertz CT molecular complexity index is 484. The molecule has 7 heteroatoms. The topological polar surface area (TPSA) is 66.4 Å². The lowest BCUT2D eigenvalue weighted by Crippen LogP contribution is -2.41. The highest BCUT2D eigenvalue weighted by molar-refractivity contribution is 7.98.